The molecule has 0 unspecified atom stereocenters. The van der Waals surface area contributed by atoms with Crippen molar-refractivity contribution < 1.29 is 9.15 Å². The number of ether oxygens (including phenoxy) is 1. The molecule has 5 heteroatoms. The fourth-order valence-electron chi connectivity index (χ4n) is 2.35. The van der Waals surface area contributed by atoms with Gasteiger partial charge in [-0.25, -0.2) is 4.79 Å². The van der Waals surface area contributed by atoms with Crippen molar-refractivity contribution in [3.05, 3.63) is 48.9 Å². The average molecular weight is 365 g/mol. The summed E-state index contributed by atoms with van der Waals surface area (Å²) in [6.45, 7) is 3.68. The Morgan fingerprint density at radius 3 is 2.52 bits per heavy atom. The van der Waals surface area contributed by atoms with Crippen LogP contribution in [0.25, 0.3) is 22.1 Å². The Kier molecular flexibility index (Phi) is 3.63. The Hall–Kier alpha value is -1.59. The van der Waals surface area contributed by atoms with Crippen LogP contribution in [0.1, 0.15) is 11.1 Å². The van der Waals surface area contributed by atoms with Gasteiger partial charge in [-0.05, 0) is 70.0 Å². The van der Waals surface area contributed by atoms with E-state index in [1.807, 2.05) is 30.5 Å². The van der Waals surface area contributed by atoms with Crippen molar-refractivity contribution in [2.45, 2.75) is 13.8 Å². The molecule has 0 aliphatic carbocycles. The normalized spacial score (nSPS) is 11.0. The second-order valence-electron chi connectivity index (χ2n) is 4.83. The van der Waals surface area contributed by atoms with E-state index in [1.165, 1.54) is 0 Å². The van der Waals surface area contributed by atoms with E-state index in [0.717, 1.165) is 25.9 Å². The minimum absolute atomic E-state index is 0.300. The van der Waals surface area contributed by atoms with Crippen molar-refractivity contribution in [2.24, 2.45) is 0 Å². The maximum absolute atomic E-state index is 11.9. The number of fused-ring (bicyclic) bond motifs is 1. The third-order valence-corrected chi connectivity index (χ3v) is 5.14. The Labute approximate surface area is 134 Å². The fraction of sp³-hybridized carbons (Fsp3) is 0.188. The van der Waals surface area contributed by atoms with Crippen LogP contribution < -0.4 is 10.4 Å². The lowest BCUT2D eigenvalue weighted by Crippen LogP contribution is -2.06. The molecule has 3 aromatic rings. The van der Waals surface area contributed by atoms with Gasteiger partial charge >= 0.3 is 5.63 Å². The van der Waals surface area contributed by atoms with Crippen molar-refractivity contribution in [1.29, 1.82) is 0 Å². The number of hydrogen-bond acceptors (Lipinski definition) is 4. The number of rotatable bonds is 2. The van der Waals surface area contributed by atoms with E-state index in [1.54, 1.807) is 25.4 Å². The molecule has 0 fully saturated rings. The van der Waals surface area contributed by atoms with E-state index in [4.69, 9.17) is 9.15 Å². The number of hydrogen-bond donors (Lipinski definition) is 0. The number of thiophene rings is 1. The van der Waals surface area contributed by atoms with E-state index >= 15 is 0 Å². The van der Waals surface area contributed by atoms with Crippen LogP contribution >= 0.6 is 27.3 Å². The summed E-state index contributed by atoms with van der Waals surface area (Å²) in [5.41, 5.74) is 3.80. The van der Waals surface area contributed by atoms with E-state index in [0.29, 0.717) is 16.9 Å². The molecule has 1 aromatic carbocycles. The number of methoxy groups -OCH3 is 1. The number of halogens is 1. The summed E-state index contributed by atoms with van der Waals surface area (Å²) in [7, 11) is 1.63. The topological polar surface area (TPSA) is 39.4 Å². The van der Waals surface area contributed by atoms with Gasteiger partial charge in [0.25, 0.3) is 0 Å². The van der Waals surface area contributed by atoms with Gasteiger partial charge in [-0.1, -0.05) is 0 Å². The van der Waals surface area contributed by atoms with Gasteiger partial charge < -0.3 is 9.15 Å². The molecule has 0 aliphatic rings. The van der Waals surface area contributed by atoms with Crippen LogP contribution in [0.4, 0.5) is 0 Å². The molecule has 0 spiro atoms. The van der Waals surface area contributed by atoms with Crippen molar-refractivity contribution in [3.8, 4) is 16.9 Å². The van der Waals surface area contributed by atoms with Gasteiger partial charge in [-0.15, -0.1) is 11.3 Å². The van der Waals surface area contributed by atoms with E-state index < -0.39 is 0 Å². The zero-order chi connectivity index (χ0) is 15.1. The smallest absolute Gasteiger partial charge is 0.339 e. The van der Waals surface area contributed by atoms with E-state index in [9.17, 15) is 4.79 Å². The molecular formula is C16H13BrO3S. The summed E-state index contributed by atoms with van der Waals surface area (Å²) in [6, 6.07) is 5.90. The number of benzene rings is 1. The molecule has 108 valence electrons. The second-order valence-corrected chi connectivity index (χ2v) is 7.12. The van der Waals surface area contributed by atoms with Gasteiger partial charge in [0.1, 0.15) is 11.3 Å². The van der Waals surface area contributed by atoms with Crippen molar-refractivity contribution in [2.75, 3.05) is 7.11 Å². The van der Waals surface area contributed by atoms with Gasteiger partial charge in [0.05, 0.1) is 16.3 Å². The maximum Gasteiger partial charge on any atom is 0.339 e. The summed E-state index contributed by atoms with van der Waals surface area (Å²) in [4.78, 5) is 11.9. The highest BCUT2D eigenvalue weighted by Gasteiger charge is 2.14. The molecule has 0 bridgehead atoms. The summed E-state index contributed by atoms with van der Waals surface area (Å²) in [5.74, 6) is 0.717. The van der Waals surface area contributed by atoms with Crippen LogP contribution in [0.5, 0.6) is 5.75 Å². The predicted octanol–water partition coefficient (Wildman–Crippen LogP) is 4.91. The first-order chi connectivity index (χ1) is 10.0. The molecule has 3 rings (SSSR count). The maximum atomic E-state index is 11.9. The highest BCUT2D eigenvalue weighted by Crippen LogP contribution is 2.36. The lowest BCUT2D eigenvalue weighted by Gasteiger charge is -2.11. The lowest BCUT2D eigenvalue weighted by atomic mass is 10.0. The monoisotopic (exact) mass is 364 g/mol. The number of aryl methyl sites for hydroxylation is 1. The van der Waals surface area contributed by atoms with Crippen molar-refractivity contribution >= 4 is 38.2 Å². The fourth-order valence-corrected chi connectivity index (χ4v) is 3.51. The van der Waals surface area contributed by atoms with Crippen LogP contribution in [0, 0.1) is 13.8 Å². The van der Waals surface area contributed by atoms with Gasteiger partial charge in [0, 0.05) is 5.56 Å². The van der Waals surface area contributed by atoms with Crippen LogP contribution in [0.3, 0.4) is 0 Å². The Balaban J connectivity index is 2.37. The molecule has 0 saturated heterocycles. The van der Waals surface area contributed by atoms with E-state index in [-0.39, 0.29) is 5.63 Å². The first kappa shape index (κ1) is 14.4. The van der Waals surface area contributed by atoms with Crippen molar-refractivity contribution in [3.63, 3.8) is 0 Å². The summed E-state index contributed by atoms with van der Waals surface area (Å²) in [6.07, 6.45) is 0. The molecule has 0 radical (unpaired) electrons. The molecule has 2 heterocycles. The average Bonchev–Trinajstić information content (AvgIpc) is 2.90. The molecule has 0 aliphatic heterocycles. The largest absolute Gasteiger partial charge is 0.496 e. The Bertz CT molecular complexity index is 892. The highest BCUT2D eigenvalue weighted by molar-refractivity contribution is 9.11. The molecule has 3 nitrogen and oxygen atoms in total. The van der Waals surface area contributed by atoms with Crippen LogP contribution in [-0.4, -0.2) is 7.11 Å². The first-order valence-corrected chi connectivity index (χ1v) is 8.05. The zero-order valence-electron chi connectivity index (χ0n) is 11.8. The summed E-state index contributed by atoms with van der Waals surface area (Å²) >= 11 is 5.07. The molecule has 0 N–H and O–H groups in total. The summed E-state index contributed by atoms with van der Waals surface area (Å²) < 4.78 is 12.0. The molecule has 21 heavy (non-hydrogen) atoms. The van der Waals surface area contributed by atoms with Gasteiger partial charge in [0.2, 0.25) is 0 Å². The predicted molar refractivity (Wildman–Crippen MR) is 89.5 cm³/mol. The first-order valence-electron chi connectivity index (χ1n) is 6.37. The third-order valence-electron chi connectivity index (χ3n) is 3.63. The van der Waals surface area contributed by atoms with Crippen LogP contribution in [0.2, 0.25) is 0 Å². The minimum atomic E-state index is -0.300. The van der Waals surface area contributed by atoms with Gasteiger partial charge in [-0.2, -0.15) is 0 Å². The highest BCUT2D eigenvalue weighted by atomic mass is 79.9. The van der Waals surface area contributed by atoms with Gasteiger partial charge in [-0.3, -0.25) is 0 Å². The lowest BCUT2D eigenvalue weighted by molar-refractivity contribution is 0.418. The molecule has 2 aromatic heterocycles. The quantitative estimate of drug-likeness (QED) is 0.606. The standard InChI is InChI=1S/C16H13BrO3S/c1-8-9(2)16(18)20-13-5-10(4-12(19-3)15(8)13)11-6-14(17)21-7-11/h4-7H,1-3H3. The van der Waals surface area contributed by atoms with Crippen LogP contribution in [0.15, 0.2) is 36.6 Å². The Morgan fingerprint density at radius 2 is 1.90 bits per heavy atom. The minimum Gasteiger partial charge on any atom is -0.496 e. The Morgan fingerprint density at radius 1 is 1.14 bits per heavy atom. The molecule has 0 saturated carbocycles. The summed E-state index contributed by atoms with van der Waals surface area (Å²) in [5, 5.41) is 2.90. The van der Waals surface area contributed by atoms with Crippen molar-refractivity contribution in [1.82, 2.24) is 0 Å². The van der Waals surface area contributed by atoms with E-state index in [2.05, 4.69) is 15.9 Å². The third kappa shape index (κ3) is 2.40. The zero-order valence-corrected chi connectivity index (χ0v) is 14.2. The molecule has 0 atom stereocenters. The molecular weight excluding hydrogens is 352 g/mol. The SMILES string of the molecule is COc1cc(-c2csc(Br)c2)cc2oc(=O)c(C)c(C)c12. The van der Waals surface area contributed by atoms with Crippen LogP contribution in [-0.2, 0) is 0 Å². The molecule has 0 amide bonds. The van der Waals surface area contributed by atoms with Gasteiger partial charge in [0.15, 0.2) is 0 Å². The second kappa shape index (κ2) is 5.31.